The van der Waals surface area contributed by atoms with E-state index in [1.807, 2.05) is 4.90 Å². The molecule has 0 unspecified atom stereocenters. The molecule has 0 bridgehead atoms. The zero-order chi connectivity index (χ0) is 13.8. The number of halogens is 1. The van der Waals surface area contributed by atoms with Crippen molar-refractivity contribution in [1.29, 1.82) is 0 Å². The van der Waals surface area contributed by atoms with Crippen LogP contribution in [0, 0.1) is 0 Å². The number of rotatable bonds is 3. The van der Waals surface area contributed by atoms with Crippen molar-refractivity contribution in [2.24, 2.45) is 0 Å². The molecule has 6 nitrogen and oxygen atoms in total. The van der Waals surface area contributed by atoms with Gasteiger partial charge in [0.15, 0.2) is 0 Å². The molecule has 0 atom stereocenters. The van der Waals surface area contributed by atoms with Crippen LogP contribution in [0.15, 0.2) is 22.9 Å². The topological polar surface area (TPSA) is 73.7 Å². The summed E-state index contributed by atoms with van der Waals surface area (Å²) in [4.78, 5) is 30.4. The van der Waals surface area contributed by atoms with E-state index in [1.165, 1.54) is 0 Å². The smallest absolute Gasteiger partial charge is 0.317 e. The standard InChI is InChI=1S/C12H14BrN3O3/c13-10-7-9(1-2-14-10)12(19)16-5-3-15(4-6-16)8-11(17)18/h1-2,7H,3-6,8H2,(H,17,18). The summed E-state index contributed by atoms with van der Waals surface area (Å²) < 4.78 is 0.628. The maximum atomic E-state index is 12.2. The number of carbonyl (C=O) groups excluding carboxylic acids is 1. The zero-order valence-electron chi connectivity index (χ0n) is 10.3. The van der Waals surface area contributed by atoms with Crippen LogP contribution in [0.5, 0.6) is 0 Å². The summed E-state index contributed by atoms with van der Waals surface area (Å²) in [5.41, 5.74) is 0.591. The SMILES string of the molecule is O=C(O)CN1CCN(C(=O)c2ccnc(Br)c2)CC1. The predicted molar refractivity (Wildman–Crippen MR) is 71.9 cm³/mol. The molecule has 1 fully saturated rings. The number of carbonyl (C=O) groups is 2. The first-order valence-electron chi connectivity index (χ1n) is 5.91. The first kappa shape index (κ1) is 14.0. The number of carboxylic acid groups (broad SMARTS) is 1. The highest BCUT2D eigenvalue weighted by atomic mass is 79.9. The Morgan fingerprint density at radius 1 is 1.32 bits per heavy atom. The van der Waals surface area contributed by atoms with E-state index in [4.69, 9.17) is 5.11 Å². The minimum Gasteiger partial charge on any atom is -0.480 e. The Kier molecular flexibility index (Phi) is 4.49. The Bertz CT molecular complexity index is 487. The van der Waals surface area contributed by atoms with Gasteiger partial charge in [0, 0.05) is 37.9 Å². The number of piperazine rings is 1. The fourth-order valence-corrected chi connectivity index (χ4v) is 2.38. The molecule has 1 aliphatic heterocycles. The van der Waals surface area contributed by atoms with Crippen LogP contribution in [0.3, 0.4) is 0 Å². The van der Waals surface area contributed by atoms with Gasteiger partial charge in [-0.25, -0.2) is 4.98 Å². The van der Waals surface area contributed by atoms with Crippen LogP contribution < -0.4 is 0 Å². The van der Waals surface area contributed by atoms with Gasteiger partial charge in [-0.2, -0.15) is 0 Å². The highest BCUT2D eigenvalue weighted by Crippen LogP contribution is 2.12. The molecule has 1 aromatic rings. The van der Waals surface area contributed by atoms with Crippen LogP contribution in [-0.2, 0) is 4.79 Å². The van der Waals surface area contributed by atoms with E-state index >= 15 is 0 Å². The van der Waals surface area contributed by atoms with Crippen molar-refractivity contribution in [1.82, 2.24) is 14.8 Å². The Labute approximate surface area is 119 Å². The highest BCUT2D eigenvalue weighted by molar-refractivity contribution is 9.10. The highest BCUT2D eigenvalue weighted by Gasteiger charge is 2.23. The lowest BCUT2D eigenvalue weighted by molar-refractivity contribution is -0.138. The van der Waals surface area contributed by atoms with Crippen molar-refractivity contribution in [3.8, 4) is 0 Å². The van der Waals surface area contributed by atoms with E-state index in [2.05, 4.69) is 20.9 Å². The minimum absolute atomic E-state index is 0.0306. The minimum atomic E-state index is -0.835. The largest absolute Gasteiger partial charge is 0.480 e. The summed E-state index contributed by atoms with van der Waals surface area (Å²) in [7, 11) is 0. The van der Waals surface area contributed by atoms with Gasteiger partial charge in [0.2, 0.25) is 0 Å². The van der Waals surface area contributed by atoms with Crippen molar-refractivity contribution >= 4 is 27.8 Å². The molecular formula is C12H14BrN3O3. The van der Waals surface area contributed by atoms with Gasteiger partial charge < -0.3 is 10.0 Å². The molecule has 0 spiro atoms. The molecular weight excluding hydrogens is 314 g/mol. The Morgan fingerprint density at radius 3 is 2.58 bits per heavy atom. The maximum Gasteiger partial charge on any atom is 0.317 e. The Hall–Kier alpha value is -1.47. The molecule has 102 valence electrons. The van der Waals surface area contributed by atoms with E-state index in [0.29, 0.717) is 36.3 Å². The van der Waals surface area contributed by atoms with Gasteiger partial charge in [0.1, 0.15) is 4.60 Å². The molecule has 19 heavy (non-hydrogen) atoms. The van der Waals surface area contributed by atoms with Crippen molar-refractivity contribution in [3.05, 3.63) is 28.5 Å². The molecule has 0 aromatic carbocycles. The molecule has 0 radical (unpaired) electrons. The number of hydrogen-bond donors (Lipinski definition) is 1. The summed E-state index contributed by atoms with van der Waals surface area (Å²) >= 11 is 3.24. The Morgan fingerprint density at radius 2 is 2.00 bits per heavy atom. The van der Waals surface area contributed by atoms with E-state index in [9.17, 15) is 9.59 Å². The van der Waals surface area contributed by atoms with Gasteiger partial charge >= 0.3 is 5.97 Å². The number of aromatic nitrogens is 1. The second kappa shape index (κ2) is 6.12. The first-order chi connectivity index (χ1) is 9.06. The van der Waals surface area contributed by atoms with E-state index < -0.39 is 5.97 Å². The maximum absolute atomic E-state index is 12.2. The lowest BCUT2D eigenvalue weighted by atomic mass is 10.2. The van der Waals surface area contributed by atoms with Crippen molar-refractivity contribution in [2.75, 3.05) is 32.7 Å². The van der Waals surface area contributed by atoms with Crippen LogP contribution in [-0.4, -0.2) is 64.5 Å². The van der Waals surface area contributed by atoms with Crippen LogP contribution in [0.25, 0.3) is 0 Å². The van der Waals surface area contributed by atoms with Crippen LogP contribution in [0.4, 0.5) is 0 Å². The van der Waals surface area contributed by atoms with Gasteiger partial charge in [-0.15, -0.1) is 0 Å². The predicted octanol–water partition coefficient (Wildman–Crippen LogP) is 0.687. The van der Waals surface area contributed by atoms with E-state index in [1.54, 1.807) is 23.2 Å². The number of pyridine rings is 1. The fraction of sp³-hybridized carbons (Fsp3) is 0.417. The normalized spacial score (nSPS) is 16.4. The van der Waals surface area contributed by atoms with Crippen LogP contribution in [0.1, 0.15) is 10.4 Å². The quantitative estimate of drug-likeness (QED) is 0.827. The average molecular weight is 328 g/mol. The molecule has 0 saturated carbocycles. The molecule has 2 rings (SSSR count). The number of nitrogens with zero attached hydrogens (tertiary/aromatic N) is 3. The fourth-order valence-electron chi connectivity index (χ4n) is 2.02. The van der Waals surface area contributed by atoms with E-state index in [0.717, 1.165) is 0 Å². The summed E-state index contributed by atoms with van der Waals surface area (Å²) in [6.45, 7) is 2.30. The van der Waals surface area contributed by atoms with Crippen LogP contribution >= 0.6 is 15.9 Å². The number of carboxylic acids is 1. The van der Waals surface area contributed by atoms with E-state index in [-0.39, 0.29) is 12.5 Å². The molecule has 1 aromatic heterocycles. The molecule has 1 aliphatic rings. The average Bonchev–Trinajstić information content (AvgIpc) is 2.38. The third-order valence-corrected chi connectivity index (χ3v) is 3.43. The summed E-state index contributed by atoms with van der Waals surface area (Å²) in [5.74, 6) is -0.879. The number of hydrogen-bond acceptors (Lipinski definition) is 4. The summed E-state index contributed by atoms with van der Waals surface area (Å²) in [5, 5.41) is 8.71. The van der Waals surface area contributed by atoms with Gasteiger partial charge in [-0.1, -0.05) is 0 Å². The molecule has 1 amide bonds. The monoisotopic (exact) mass is 327 g/mol. The number of amides is 1. The molecule has 2 heterocycles. The molecule has 7 heteroatoms. The first-order valence-corrected chi connectivity index (χ1v) is 6.70. The van der Waals surface area contributed by atoms with Crippen molar-refractivity contribution < 1.29 is 14.7 Å². The lowest BCUT2D eigenvalue weighted by Gasteiger charge is -2.33. The van der Waals surface area contributed by atoms with Crippen LogP contribution in [0.2, 0.25) is 0 Å². The van der Waals surface area contributed by atoms with Crippen molar-refractivity contribution in [2.45, 2.75) is 0 Å². The summed E-state index contributed by atoms with van der Waals surface area (Å²) in [6, 6.07) is 3.36. The lowest BCUT2D eigenvalue weighted by Crippen LogP contribution is -2.49. The summed E-state index contributed by atoms with van der Waals surface area (Å²) in [6.07, 6.45) is 1.58. The second-order valence-electron chi connectivity index (χ2n) is 4.33. The third kappa shape index (κ3) is 3.74. The molecule has 1 N–H and O–H groups in total. The molecule has 1 saturated heterocycles. The van der Waals surface area contributed by atoms with Gasteiger partial charge in [-0.3, -0.25) is 14.5 Å². The second-order valence-corrected chi connectivity index (χ2v) is 5.14. The van der Waals surface area contributed by atoms with Gasteiger partial charge in [0.25, 0.3) is 5.91 Å². The number of aliphatic carboxylic acids is 1. The third-order valence-electron chi connectivity index (χ3n) is 2.99. The van der Waals surface area contributed by atoms with Gasteiger partial charge in [-0.05, 0) is 28.1 Å². The Balaban J connectivity index is 1.94. The zero-order valence-corrected chi connectivity index (χ0v) is 11.8. The van der Waals surface area contributed by atoms with Gasteiger partial charge in [0.05, 0.1) is 6.54 Å². The van der Waals surface area contributed by atoms with Crippen molar-refractivity contribution in [3.63, 3.8) is 0 Å². The molecule has 0 aliphatic carbocycles.